The Kier molecular flexibility index (Phi) is 7.02. The smallest absolute Gasteiger partial charge is 0.0418 e. The van der Waals surface area contributed by atoms with Crippen molar-refractivity contribution in [1.29, 1.82) is 0 Å². The van der Waals surface area contributed by atoms with Crippen molar-refractivity contribution in [2.24, 2.45) is 0 Å². The average Bonchev–Trinajstić information content (AvgIpc) is 2.24. The van der Waals surface area contributed by atoms with Crippen molar-refractivity contribution in [1.82, 2.24) is 5.32 Å². The summed E-state index contributed by atoms with van der Waals surface area (Å²) in [6, 6.07) is 0.393. The number of nitrogens with one attached hydrogen (secondary N) is 1. The van der Waals surface area contributed by atoms with Gasteiger partial charge in [0.15, 0.2) is 0 Å². The molecule has 0 aliphatic heterocycles. The number of allylic oxidation sites excluding steroid dienone is 7. The third kappa shape index (κ3) is 5.40. The highest BCUT2D eigenvalue weighted by molar-refractivity contribution is 5.41. The first-order chi connectivity index (χ1) is 7.54. The maximum absolute atomic E-state index is 3.84. The molecule has 0 aliphatic carbocycles. The molecule has 0 saturated heterocycles. The van der Waals surface area contributed by atoms with Gasteiger partial charge in [-0.1, -0.05) is 37.5 Å². The molecule has 1 N–H and O–H groups in total. The van der Waals surface area contributed by atoms with E-state index in [2.05, 4.69) is 38.4 Å². The van der Waals surface area contributed by atoms with Crippen LogP contribution in [-0.2, 0) is 0 Å². The van der Waals surface area contributed by atoms with E-state index in [4.69, 9.17) is 0 Å². The summed E-state index contributed by atoms with van der Waals surface area (Å²) in [5.74, 6) is 0. The molecule has 0 fully saturated rings. The van der Waals surface area contributed by atoms with E-state index in [1.807, 2.05) is 38.2 Å². The lowest BCUT2D eigenvalue weighted by molar-refractivity contribution is 0.678. The highest BCUT2D eigenvalue weighted by Gasteiger charge is 2.00. The lowest BCUT2D eigenvalue weighted by Gasteiger charge is -2.14. The average molecular weight is 217 g/mol. The zero-order valence-corrected chi connectivity index (χ0v) is 10.9. The van der Waals surface area contributed by atoms with E-state index in [1.54, 1.807) is 0 Å². The summed E-state index contributed by atoms with van der Waals surface area (Å²) < 4.78 is 0. The Balaban J connectivity index is 5.34. The molecular formula is C15H23N. The van der Waals surface area contributed by atoms with Crippen LogP contribution in [0.2, 0.25) is 0 Å². The van der Waals surface area contributed by atoms with Gasteiger partial charge in [0, 0.05) is 11.7 Å². The van der Waals surface area contributed by atoms with Crippen molar-refractivity contribution < 1.29 is 0 Å². The lowest BCUT2D eigenvalue weighted by atomic mass is 10.1. The van der Waals surface area contributed by atoms with Crippen LogP contribution >= 0.6 is 0 Å². The standard InChI is InChI=1S/C15H23N/c1-7-10-14(9-3)15(16-12(4)5)11-13(6)8-2/h7-12,16H,2-3H2,1,4-6H3/b10-7?,13-11+,15-14-. The Morgan fingerprint density at radius 3 is 2.19 bits per heavy atom. The minimum atomic E-state index is 0.393. The summed E-state index contributed by atoms with van der Waals surface area (Å²) in [5.41, 5.74) is 3.31. The first-order valence-corrected chi connectivity index (χ1v) is 5.61. The molecular weight excluding hydrogens is 194 g/mol. The van der Waals surface area contributed by atoms with E-state index in [9.17, 15) is 0 Å². The first-order valence-electron chi connectivity index (χ1n) is 5.61. The predicted molar refractivity (Wildman–Crippen MR) is 74.3 cm³/mol. The summed E-state index contributed by atoms with van der Waals surface area (Å²) in [4.78, 5) is 0. The minimum absolute atomic E-state index is 0.393. The van der Waals surface area contributed by atoms with Crippen LogP contribution in [0.15, 0.2) is 60.4 Å². The second-order valence-electron chi connectivity index (χ2n) is 3.96. The van der Waals surface area contributed by atoms with Crippen LogP contribution < -0.4 is 5.32 Å². The molecule has 0 aromatic rings. The molecule has 0 atom stereocenters. The van der Waals surface area contributed by atoms with E-state index < -0.39 is 0 Å². The molecule has 1 nitrogen and oxygen atoms in total. The van der Waals surface area contributed by atoms with Gasteiger partial charge in [-0.2, -0.15) is 0 Å². The SMILES string of the molecule is C=C/C(C=CC)=C(\C=C(/C)C=C)NC(C)C. The molecule has 88 valence electrons. The molecule has 0 bridgehead atoms. The van der Waals surface area contributed by atoms with Crippen molar-refractivity contribution in [2.75, 3.05) is 0 Å². The molecule has 0 amide bonds. The van der Waals surface area contributed by atoms with Gasteiger partial charge in [-0.25, -0.2) is 0 Å². The predicted octanol–water partition coefficient (Wildman–Crippen LogP) is 4.13. The van der Waals surface area contributed by atoms with Crippen molar-refractivity contribution in [3.05, 3.63) is 60.4 Å². The second kappa shape index (κ2) is 7.75. The number of hydrogen-bond donors (Lipinski definition) is 1. The molecule has 0 aromatic carbocycles. The van der Waals surface area contributed by atoms with Gasteiger partial charge in [0.2, 0.25) is 0 Å². The van der Waals surface area contributed by atoms with Crippen LogP contribution in [-0.4, -0.2) is 6.04 Å². The van der Waals surface area contributed by atoms with E-state index in [1.165, 1.54) is 0 Å². The Morgan fingerprint density at radius 1 is 1.19 bits per heavy atom. The van der Waals surface area contributed by atoms with Gasteiger partial charge in [-0.15, -0.1) is 0 Å². The Hall–Kier alpha value is -1.50. The topological polar surface area (TPSA) is 12.0 Å². The molecule has 0 rings (SSSR count). The Bertz CT molecular complexity index is 327. The molecule has 0 heterocycles. The maximum Gasteiger partial charge on any atom is 0.0418 e. The van der Waals surface area contributed by atoms with Crippen molar-refractivity contribution in [2.45, 2.75) is 33.7 Å². The third-order valence-corrected chi connectivity index (χ3v) is 2.02. The largest absolute Gasteiger partial charge is 0.382 e. The third-order valence-electron chi connectivity index (χ3n) is 2.02. The summed E-state index contributed by atoms with van der Waals surface area (Å²) in [7, 11) is 0. The molecule has 0 unspecified atom stereocenters. The fraction of sp³-hybridized carbons (Fsp3) is 0.333. The zero-order chi connectivity index (χ0) is 12.6. The summed E-state index contributed by atoms with van der Waals surface area (Å²) in [6.07, 6.45) is 9.85. The van der Waals surface area contributed by atoms with E-state index >= 15 is 0 Å². The zero-order valence-electron chi connectivity index (χ0n) is 10.9. The second-order valence-corrected chi connectivity index (χ2v) is 3.96. The summed E-state index contributed by atoms with van der Waals surface area (Å²) >= 11 is 0. The van der Waals surface area contributed by atoms with E-state index in [0.717, 1.165) is 16.8 Å². The monoisotopic (exact) mass is 217 g/mol. The lowest BCUT2D eigenvalue weighted by Crippen LogP contribution is -2.22. The number of hydrogen-bond acceptors (Lipinski definition) is 1. The minimum Gasteiger partial charge on any atom is -0.382 e. The van der Waals surface area contributed by atoms with Gasteiger partial charge in [0.1, 0.15) is 0 Å². The summed E-state index contributed by atoms with van der Waals surface area (Å²) in [6.45, 7) is 15.9. The van der Waals surface area contributed by atoms with Gasteiger partial charge in [0.25, 0.3) is 0 Å². The molecule has 0 spiro atoms. The maximum atomic E-state index is 3.84. The van der Waals surface area contributed by atoms with Crippen LogP contribution in [0.1, 0.15) is 27.7 Å². The van der Waals surface area contributed by atoms with Crippen LogP contribution in [0.5, 0.6) is 0 Å². The molecule has 1 heteroatoms. The number of rotatable bonds is 6. The Labute approximate surface area is 100.0 Å². The molecule has 16 heavy (non-hydrogen) atoms. The molecule has 0 saturated carbocycles. The highest BCUT2D eigenvalue weighted by Crippen LogP contribution is 2.10. The van der Waals surface area contributed by atoms with Crippen molar-refractivity contribution in [3.63, 3.8) is 0 Å². The van der Waals surface area contributed by atoms with E-state index in [-0.39, 0.29) is 0 Å². The van der Waals surface area contributed by atoms with Gasteiger partial charge in [-0.05, 0) is 44.9 Å². The van der Waals surface area contributed by atoms with Crippen molar-refractivity contribution in [3.8, 4) is 0 Å². The van der Waals surface area contributed by atoms with Gasteiger partial charge in [-0.3, -0.25) is 0 Å². The van der Waals surface area contributed by atoms with Crippen LogP contribution in [0.4, 0.5) is 0 Å². The van der Waals surface area contributed by atoms with Gasteiger partial charge in [0.05, 0.1) is 0 Å². The van der Waals surface area contributed by atoms with Gasteiger partial charge >= 0.3 is 0 Å². The van der Waals surface area contributed by atoms with E-state index in [0.29, 0.717) is 6.04 Å². The Morgan fingerprint density at radius 2 is 1.81 bits per heavy atom. The van der Waals surface area contributed by atoms with Crippen LogP contribution in [0, 0.1) is 0 Å². The first kappa shape index (κ1) is 14.5. The normalized spacial score (nSPS) is 13.9. The molecule has 0 radical (unpaired) electrons. The quantitative estimate of drug-likeness (QED) is 0.659. The van der Waals surface area contributed by atoms with Crippen LogP contribution in [0.25, 0.3) is 0 Å². The fourth-order valence-electron chi connectivity index (χ4n) is 1.25. The van der Waals surface area contributed by atoms with Crippen LogP contribution in [0.3, 0.4) is 0 Å². The fourth-order valence-corrected chi connectivity index (χ4v) is 1.25. The highest BCUT2D eigenvalue weighted by atomic mass is 14.9. The molecule has 0 aromatic heterocycles. The van der Waals surface area contributed by atoms with Gasteiger partial charge < -0.3 is 5.32 Å². The molecule has 0 aliphatic rings. The summed E-state index contributed by atoms with van der Waals surface area (Å²) in [5, 5.41) is 3.41. The van der Waals surface area contributed by atoms with Crippen molar-refractivity contribution >= 4 is 0 Å².